The second kappa shape index (κ2) is 7.76. The Morgan fingerprint density at radius 2 is 1.77 bits per heavy atom. The molecule has 0 saturated carbocycles. The van der Waals surface area contributed by atoms with E-state index >= 15 is 0 Å². The number of benzene rings is 1. The lowest BCUT2D eigenvalue weighted by Crippen LogP contribution is -2.04. The number of nitrogens with zero attached hydrogens (tertiary/aromatic N) is 2. The molecule has 0 saturated heterocycles. The van der Waals surface area contributed by atoms with Gasteiger partial charge in [0.2, 0.25) is 0 Å². The van der Waals surface area contributed by atoms with Crippen LogP contribution in [0.5, 0.6) is 0 Å². The van der Waals surface area contributed by atoms with Crippen molar-refractivity contribution in [1.29, 1.82) is 0 Å². The average Bonchev–Trinajstić information content (AvgIpc) is 2.76. The summed E-state index contributed by atoms with van der Waals surface area (Å²) in [7, 11) is 0. The molecule has 1 aromatic heterocycles. The van der Waals surface area contributed by atoms with Gasteiger partial charge in [0, 0.05) is 27.9 Å². The van der Waals surface area contributed by atoms with Gasteiger partial charge in [-0.1, -0.05) is 62.7 Å². The quantitative estimate of drug-likeness (QED) is 0.592. The Kier molecular flexibility index (Phi) is 6.25. The van der Waals surface area contributed by atoms with E-state index in [-0.39, 0.29) is 0 Å². The number of imidazole rings is 1. The first-order chi connectivity index (χ1) is 10.5. The maximum absolute atomic E-state index is 6.13. The van der Waals surface area contributed by atoms with Crippen LogP contribution in [-0.2, 0) is 13.0 Å². The van der Waals surface area contributed by atoms with Gasteiger partial charge in [0.25, 0.3) is 0 Å². The molecule has 1 heterocycles. The van der Waals surface area contributed by atoms with Crippen molar-refractivity contribution in [3.63, 3.8) is 0 Å². The van der Waals surface area contributed by atoms with Crippen LogP contribution in [0.1, 0.15) is 51.6 Å². The molecular weight excluding hydrogens is 335 g/mol. The van der Waals surface area contributed by atoms with E-state index in [1.807, 2.05) is 12.1 Å². The molecule has 0 N–H and O–H groups in total. The van der Waals surface area contributed by atoms with Crippen molar-refractivity contribution >= 4 is 35.0 Å². The molecule has 0 atom stereocenters. The topological polar surface area (TPSA) is 17.8 Å². The van der Waals surface area contributed by atoms with Gasteiger partial charge in [-0.2, -0.15) is 0 Å². The first-order valence-corrected chi connectivity index (χ1v) is 9.26. The number of aryl methyl sites for hydroxylation is 1. The minimum absolute atomic E-state index is 0.389. The van der Waals surface area contributed by atoms with Crippen molar-refractivity contribution in [3.05, 3.63) is 39.8 Å². The van der Waals surface area contributed by atoms with Crippen molar-refractivity contribution < 1.29 is 0 Å². The number of rotatable bonds is 6. The van der Waals surface area contributed by atoms with E-state index < -0.39 is 0 Å². The van der Waals surface area contributed by atoms with Gasteiger partial charge in [-0.15, -0.1) is 0 Å². The summed E-state index contributed by atoms with van der Waals surface area (Å²) in [6.45, 7) is 9.71. The van der Waals surface area contributed by atoms with Crippen molar-refractivity contribution in [1.82, 2.24) is 9.55 Å². The minimum atomic E-state index is 0.389. The van der Waals surface area contributed by atoms with E-state index in [4.69, 9.17) is 28.2 Å². The maximum Gasteiger partial charge on any atom is 0.109 e. The second-order valence-electron chi connectivity index (χ2n) is 5.59. The predicted octanol–water partition coefficient (Wildman–Crippen LogP) is 6.44. The highest BCUT2D eigenvalue weighted by molar-refractivity contribution is 7.99. The van der Waals surface area contributed by atoms with Crippen LogP contribution in [0.3, 0.4) is 0 Å². The summed E-state index contributed by atoms with van der Waals surface area (Å²) in [5, 5.41) is 2.55. The van der Waals surface area contributed by atoms with Gasteiger partial charge in [-0.25, -0.2) is 4.98 Å². The normalized spacial score (nSPS) is 11.4. The van der Waals surface area contributed by atoms with Crippen molar-refractivity contribution in [2.75, 3.05) is 0 Å². The highest BCUT2D eigenvalue weighted by atomic mass is 35.5. The van der Waals surface area contributed by atoms with E-state index in [0.717, 1.165) is 35.8 Å². The molecule has 5 heteroatoms. The van der Waals surface area contributed by atoms with Crippen molar-refractivity contribution in [2.24, 2.45) is 0 Å². The number of halogens is 2. The summed E-state index contributed by atoms with van der Waals surface area (Å²) in [6, 6.07) is 5.67. The molecule has 0 fully saturated rings. The Hall–Kier alpha value is -0.640. The zero-order valence-electron chi connectivity index (χ0n) is 13.5. The Balaban J connectivity index is 2.49. The molecule has 2 rings (SSSR count). The lowest BCUT2D eigenvalue weighted by Gasteiger charge is -2.12. The fourth-order valence-electron chi connectivity index (χ4n) is 2.41. The Morgan fingerprint density at radius 1 is 1.14 bits per heavy atom. The number of aromatic nitrogens is 2. The summed E-state index contributed by atoms with van der Waals surface area (Å²) in [5.41, 5.74) is 1.16. The van der Waals surface area contributed by atoms with Crippen LogP contribution in [0.4, 0.5) is 0 Å². The number of hydrogen-bond donors (Lipinski definition) is 0. The van der Waals surface area contributed by atoms with Gasteiger partial charge in [0.05, 0.1) is 5.69 Å². The first kappa shape index (κ1) is 17.7. The third-order valence-electron chi connectivity index (χ3n) is 3.39. The molecule has 0 unspecified atom stereocenters. The van der Waals surface area contributed by atoms with Gasteiger partial charge in [-0.3, -0.25) is 0 Å². The molecule has 0 bridgehead atoms. The predicted molar refractivity (Wildman–Crippen MR) is 96.6 cm³/mol. The smallest absolute Gasteiger partial charge is 0.109 e. The largest absolute Gasteiger partial charge is 0.323 e. The molecule has 0 spiro atoms. The van der Waals surface area contributed by atoms with Gasteiger partial charge < -0.3 is 4.57 Å². The van der Waals surface area contributed by atoms with E-state index in [1.54, 1.807) is 17.8 Å². The second-order valence-corrected chi connectivity index (χ2v) is 7.52. The van der Waals surface area contributed by atoms with E-state index in [2.05, 4.69) is 32.3 Å². The van der Waals surface area contributed by atoms with E-state index in [1.165, 1.54) is 5.03 Å². The van der Waals surface area contributed by atoms with Crippen LogP contribution in [0.25, 0.3) is 0 Å². The molecule has 0 amide bonds. The van der Waals surface area contributed by atoms with Gasteiger partial charge in [0.1, 0.15) is 10.9 Å². The Labute approximate surface area is 147 Å². The molecule has 1 aromatic carbocycles. The third-order valence-corrected chi connectivity index (χ3v) is 4.92. The van der Waals surface area contributed by atoms with Gasteiger partial charge >= 0.3 is 0 Å². The lowest BCUT2D eigenvalue weighted by atomic mass is 10.1. The SMILES string of the molecule is CCCn1c(CC)nc(C(C)C)c1Sc1cc(Cl)cc(Cl)c1. The van der Waals surface area contributed by atoms with Crippen LogP contribution in [0.15, 0.2) is 28.1 Å². The molecule has 22 heavy (non-hydrogen) atoms. The van der Waals surface area contributed by atoms with Crippen LogP contribution in [0, 0.1) is 0 Å². The van der Waals surface area contributed by atoms with Crippen molar-refractivity contribution in [3.8, 4) is 0 Å². The molecule has 120 valence electrons. The van der Waals surface area contributed by atoms with Gasteiger partial charge in [-0.05, 0) is 30.5 Å². The van der Waals surface area contributed by atoms with Crippen LogP contribution < -0.4 is 0 Å². The van der Waals surface area contributed by atoms with Crippen LogP contribution in [0.2, 0.25) is 10.0 Å². The lowest BCUT2D eigenvalue weighted by molar-refractivity contribution is 0.597. The fourth-order valence-corrected chi connectivity index (χ4v) is 4.35. The number of hydrogen-bond acceptors (Lipinski definition) is 2. The zero-order chi connectivity index (χ0) is 16.3. The average molecular weight is 357 g/mol. The molecule has 2 aromatic rings. The summed E-state index contributed by atoms with van der Waals surface area (Å²) >= 11 is 14.0. The first-order valence-electron chi connectivity index (χ1n) is 7.69. The molecule has 0 aliphatic carbocycles. The highest BCUT2D eigenvalue weighted by Crippen LogP contribution is 2.37. The summed E-state index contributed by atoms with van der Waals surface area (Å²) in [6.07, 6.45) is 2.03. The molecular formula is C17H22Cl2N2S. The monoisotopic (exact) mass is 356 g/mol. The molecule has 0 radical (unpaired) electrons. The minimum Gasteiger partial charge on any atom is -0.323 e. The summed E-state index contributed by atoms with van der Waals surface area (Å²) < 4.78 is 2.34. The Morgan fingerprint density at radius 3 is 2.27 bits per heavy atom. The third kappa shape index (κ3) is 4.01. The Bertz CT molecular complexity index is 630. The standard InChI is InChI=1S/C17H22Cl2N2S/c1-5-7-21-15(6-2)20-16(11(3)4)17(21)22-14-9-12(18)8-13(19)10-14/h8-11H,5-7H2,1-4H3. The van der Waals surface area contributed by atoms with E-state index in [0.29, 0.717) is 16.0 Å². The highest BCUT2D eigenvalue weighted by Gasteiger charge is 2.19. The van der Waals surface area contributed by atoms with Crippen LogP contribution in [-0.4, -0.2) is 9.55 Å². The summed E-state index contributed by atoms with van der Waals surface area (Å²) in [4.78, 5) is 5.92. The molecule has 2 nitrogen and oxygen atoms in total. The van der Waals surface area contributed by atoms with Gasteiger partial charge in [0.15, 0.2) is 0 Å². The summed E-state index contributed by atoms with van der Waals surface area (Å²) in [5.74, 6) is 1.54. The van der Waals surface area contributed by atoms with Crippen molar-refractivity contribution in [2.45, 2.75) is 62.9 Å². The zero-order valence-corrected chi connectivity index (χ0v) is 15.8. The fraction of sp³-hybridized carbons (Fsp3) is 0.471. The van der Waals surface area contributed by atoms with E-state index in [9.17, 15) is 0 Å². The van der Waals surface area contributed by atoms with Crippen LogP contribution >= 0.6 is 35.0 Å². The molecule has 0 aliphatic rings. The molecule has 0 aliphatic heterocycles. The maximum atomic E-state index is 6.13.